The van der Waals surface area contributed by atoms with E-state index in [1.165, 1.54) is 0 Å². The average molecular weight is 294 g/mol. The van der Waals surface area contributed by atoms with Crippen LogP contribution in [0.25, 0.3) is 0 Å². The zero-order chi connectivity index (χ0) is 14.5. The van der Waals surface area contributed by atoms with Crippen molar-refractivity contribution in [3.05, 3.63) is 29.3 Å². The van der Waals surface area contributed by atoms with E-state index in [9.17, 15) is 8.42 Å². The van der Waals surface area contributed by atoms with Crippen molar-refractivity contribution in [3.63, 3.8) is 0 Å². The molecule has 0 aliphatic carbocycles. The fourth-order valence-corrected chi connectivity index (χ4v) is 5.87. The molecule has 2 saturated heterocycles. The summed E-state index contributed by atoms with van der Waals surface area (Å²) in [5.74, 6) is 0. The van der Waals surface area contributed by atoms with Gasteiger partial charge in [-0.2, -0.15) is 4.31 Å². The molecule has 2 aliphatic rings. The van der Waals surface area contributed by atoms with E-state index < -0.39 is 10.0 Å². The number of benzene rings is 1. The second kappa shape index (κ2) is 4.83. The van der Waals surface area contributed by atoms with Gasteiger partial charge in [-0.1, -0.05) is 17.7 Å². The Bertz CT molecular complexity index is 613. The predicted octanol–water partition coefficient (Wildman–Crippen LogP) is 1.95. The lowest BCUT2D eigenvalue weighted by molar-refractivity contribution is 0.227. The standard InChI is InChI=1S/C15H22N2O2S/c1-10-3-6-15(11(2)7-10)20(18,19)17-13-4-5-14(17)9-12(16)8-13/h3,6-7,12-14H,4-5,8-9,16H2,1-2H3. The minimum Gasteiger partial charge on any atom is -0.328 e. The fourth-order valence-electron chi connectivity index (χ4n) is 3.77. The van der Waals surface area contributed by atoms with Gasteiger partial charge in [0.05, 0.1) is 4.90 Å². The molecule has 20 heavy (non-hydrogen) atoms. The molecular formula is C15H22N2O2S. The van der Waals surface area contributed by atoms with Gasteiger partial charge in [0.15, 0.2) is 0 Å². The molecule has 2 atom stereocenters. The molecule has 1 aromatic rings. The fraction of sp³-hybridized carbons (Fsp3) is 0.600. The highest BCUT2D eigenvalue weighted by Crippen LogP contribution is 2.39. The maximum absolute atomic E-state index is 13.0. The van der Waals surface area contributed by atoms with Gasteiger partial charge in [-0.25, -0.2) is 8.42 Å². The topological polar surface area (TPSA) is 63.4 Å². The first kappa shape index (κ1) is 14.0. The van der Waals surface area contributed by atoms with Gasteiger partial charge in [0.25, 0.3) is 0 Å². The Morgan fingerprint density at radius 3 is 2.30 bits per heavy atom. The Hall–Kier alpha value is -0.910. The molecule has 2 aliphatic heterocycles. The Kier molecular flexibility index (Phi) is 3.39. The molecule has 2 fully saturated rings. The van der Waals surface area contributed by atoms with Crippen LogP contribution in [0.1, 0.15) is 36.8 Å². The van der Waals surface area contributed by atoms with E-state index in [4.69, 9.17) is 5.73 Å². The third-order valence-corrected chi connectivity index (χ3v) is 6.75. The van der Waals surface area contributed by atoms with E-state index in [0.29, 0.717) is 4.90 Å². The summed E-state index contributed by atoms with van der Waals surface area (Å²) in [4.78, 5) is 0.454. The summed E-state index contributed by atoms with van der Waals surface area (Å²) in [6, 6.07) is 5.89. The highest BCUT2D eigenvalue weighted by molar-refractivity contribution is 7.89. The lowest BCUT2D eigenvalue weighted by Gasteiger charge is -2.36. The van der Waals surface area contributed by atoms with Gasteiger partial charge < -0.3 is 5.73 Å². The Morgan fingerprint density at radius 1 is 1.15 bits per heavy atom. The molecule has 0 radical (unpaired) electrons. The lowest BCUT2D eigenvalue weighted by atomic mass is 10.0. The molecule has 3 rings (SSSR count). The molecule has 0 aromatic heterocycles. The number of piperidine rings is 1. The highest BCUT2D eigenvalue weighted by Gasteiger charge is 2.46. The predicted molar refractivity (Wildman–Crippen MR) is 79.0 cm³/mol. The van der Waals surface area contributed by atoms with Crippen LogP contribution < -0.4 is 5.73 Å². The van der Waals surface area contributed by atoms with Crippen LogP contribution >= 0.6 is 0 Å². The SMILES string of the molecule is Cc1ccc(S(=O)(=O)N2C3CCC2CC(N)C3)c(C)c1. The van der Waals surface area contributed by atoms with Crippen LogP contribution in [-0.2, 0) is 10.0 Å². The third kappa shape index (κ3) is 2.18. The summed E-state index contributed by atoms with van der Waals surface area (Å²) in [7, 11) is -3.39. The smallest absolute Gasteiger partial charge is 0.243 e. The zero-order valence-corrected chi connectivity index (χ0v) is 12.9. The van der Waals surface area contributed by atoms with Gasteiger partial charge >= 0.3 is 0 Å². The third-order valence-electron chi connectivity index (χ3n) is 4.59. The first-order valence-electron chi connectivity index (χ1n) is 7.26. The van der Waals surface area contributed by atoms with Crippen molar-refractivity contribution < 1.29 is 8.42 Å². The van der Waals surface area contributed by atoms with Gasteiger partial charge in [0.1, 0.15) is 0 Å². The van der Waals surface area contributed by atoms with Gasteiger partial charge in [-0.05, 0) is 51.2 Å². The minimum atomic E-state index is -3.39. The lowest BCUT2D eigenvalue weighted by Crippen LogP contribution is -2.50. The van der Waals surface area contributed by atoms with Crippen molar-refractivity contribution in [2.24, 2.45) is 5.73 Å². The summed E-state index contributed by atoms with van der Waals surface area (Å²) in [6.07, 6.45) is 3.48. The maximum Gasteiger partial charge on any atom is 0.243 e. The molecule has 4 nitrogen and oxygen atoms in total. The van der Waals surface area contributed by atoms with Crippen molar-refractivity contribution in [3.8, 4) is 0 Å². The van der Waals surface area contributed by atoms with Crippen LogP contribution in [0.15, 0.2) is 23.1 Å². The van der Waals surface area contributed by atoms with Crippen LogP contribution in [0, 0.1) is 13.8 Å². The van der Waals surface area contributed by atoms with E-state index in [1.54, 1.807) is 10.4 Å². The number of aryl methyl sites for hydroxylation is 2. The molecule has 2 heterocycles. The number of nitrogens with zero attached hydrogens (tertiary/aromatic N) is 1. The first-order valence-corrected chi connectivity index (χ1v) is 8.70. The number of hydrogen-bond donors (Lipinski definition) is 1. The molecule has 5 heteroatoms. The molecule has 2 unspecified atom stereocenters. The summed E-state index contributed by atoms with van der Waals surface area (Å²) in [6.45, 7) is 3.85. The van der Waals surface area contributed by atoms with Gasteiger partial charge in [-0.3, -0.25) is 0 Å². The molecule has 2 N–H and O–H groups in total. The number of fused-ring (bicyclic) bond motifs is 2. The van der Waals surface area contributed by atoms with Crippen LogP contribution in [-0.4, -0.2) is 30.8 Å². The molecular weight excluding hydrogens is 272 g/mol. The summed E-state index contributed by atoms with van der Waals surface area (Å²) >= 11 is 0. The van der Waals surface area contributed by atoms with Crippen LogP contribution in [0.4, 0.5) is 0 Å². The van der Waals surface area contributed by atoms with Gasteiger partial charge in [-0.15, -0.1) is 0 Å². The van der Waals surface area contributed by atoms with E-state index in [-0.39, 0.29) is 18.1 Å². The molecule has 2 bridgehead atoms. The number of hydrogen-bond acceptors (Lipinski definition) is 3. The maximum atomic E-state index is 13.0. The Balaban J connectivity index is 2.01. The van der Waals surface area contributed by atoms with Crippen LogP contribution in [0.3, 0.4) is 0 Å². The van der Waals surface area contributed by atoms with Gasteiger partial charge in [0, 0.05) is 18.1 Å². The highest BCUT2D eigenvalue weighted by atomic mass is 32.2. The number of nitrogens with two attached hydrogens (primary N) is 1. The van der Waals surface area contributed by atoms with E-state index in [0.717, 1.165) is 36.8 Å². The normalized spacial score (nSPS) is 30.6. The second-order valence-corrected chi connectivity index (χ2v) is 8.03. The van der Waals surface area contributed by atoms with Crippen LogP contribution in [0.5, 0.6) is 0 Å². The van der Waals surface area contributed by atoms with Crippen molar-refractivity contribution in [1.82, 2.24) is 4.31 Å². The van der Waals surface area contributed by atoms with Crippen molar-refractivity contribution in [1.29, 1.82) is 0 Å². The molecule has 0 amide bonds. The Morgan fingerprint density at radius 2 is 1.75 bits per heavy atom. The second-order valence-electron chi connectivity index (χ2n) is 6.22. The number of rotatable bonds is 2. The van der Waals surface area contributed by atoms with Crippen molar-refractivity contribution >= 4 is 10.0 Å². The Labute approximate surface area is 121 Å². The van der Waals surface area contributed by atoms with Gasteiger partial charge in [0.2, 0.25) is 10.0 Å². The van der Waals surface area contributed by atoms with Crippen molar-refractivity contribution in [2.75, 3.05) is 0 Å². The summed E-state index contributed by atoms with van der Waals surface area (Å²) in [5.41, 5.74) is 7.95. The van der Waals surface area contributed by atoms with Crippen molar-refractivity contribution in [2.45, 2.75) is 62.6 Å². The monoisotopic (exact) mass is 294 g/mol. The van der Waals surface area contributed by atoms with Crippen LogP contribution in [0.2, 0.25) is 0 Å². The average Bonchev–Trinajstić information content (AvgIpc) is 2.62. The minimum absolute atomic E-state index is 0.0921. The molecule has 0 spiro atoms. The van der Waals surface area contributed by atoms with E-state index >= 15 is 0 Å². The quantitative estimate of drug-likeness (QED) is 0.906. The van der Waals surface area contributed by atoms with E-state index in [1.807, 2.05) is 26.0 Å². The van der Waals surface area contributed by atoms with E-state index in [2.05, 4.69) is 0 Å². The summed E-state index contributed by atoms with van der Waals surface area (Å²) < 4.78 is 27.7. The first-order chi connectivity index (χ1) is 9.39. The molecule has 110 valence electrons. The molecule has 1 aromatic carbocycles. The summed E-state index contributed by atoms with van der Waals surface area (Å²) in [5, 5.41) is 0. The largest absolute Gasteiger partial charge is 0.328 e. The molecule has 0 saturated carbocycles. The number of sulfonamides is 1. The zero-order valence-electron chi connectivity index (χ0n) is 12.0.